The third-order valence-electron chi connectivity index (χ3n) is 2.57. The molecule has 1 fully saturated rings. The predicted molar refractivity (Wildman–Crippen MR) is 66.0 cm³/mol. The van der Waals surface area contributed by atoms with Gasteiger partial charge in [0.05, 0.1) is 6.54 Å². The summed E-state index contributed by atoms with van der Waals surface area (Å²) in [5, 5.41) is 6.06. The van der Waals surface area contributed by atoms with Gasteiger partial charge >= 0.3 is 0 Å². The Morgan fingerprint density at radius 3 is 2.53 bits per heavy atom. The molecule has 0 unspecified atom stereocenters. The van der Waals surface area contributed by atoms with Gasteiger partial charge in [0, 0.05) is 17.1 Å². The zero-order valence-corrected chi connectivity index (χ0v) is 10.6. The van der Waals surface area contributed by atoms with Crippen LogP contribution < -0.4 is 10.6 Å². The van der Waals surface area contributed by atoms with Crippen LogP contribution in [0.1, 0.15) is 32.1 Å². The number of amides is 1. The smallest absolute Gasteiger partial charge is 0.234 e. The van der Waals surface area contributed by atoms with Crippen molar-refractivity contribution in [3.05, 3.63) is 11.1 Å². The van der Waals surface area contributed by atoms with E-state index in [1.54, 1.807) is 0 Å². The van der Waals surface area contributed by atoms with E-state index in [2.05, 4.69) is 33.1 Å². The first-order valence-electron chi connectivity index (χ1n) is 5.52. The summed E-state index contributed by atoms with van der Waals surface area (Å²) in [4.78, 5) is 11.5. The SMILES string of the molecule is C=C(Br)CNCC(=O)NC1CCCCC1. The van der Waals surface area contributed by atoms with Gasteiger partial charge in [0.25, 0.3) is 0 Å². The first-order valence-corrected chi connectivity index (χ1v) is 6.31. The molecule has 0 aromatic heterocycles. The van der Waals surface area contributed by atoms with Crippen LogP contribution in [-0.4, -0.2) is 25.0 Å². The van der Waals surface area contributed by atoms with Gasteiger partial charge < -0.3 is 10.6 Å². The lowest BCUT2D eigenvalue weighted by Crippen LogP contribution is -2.41. The molecular formula is C11H19BrN2O. The van der Waals surface area contributed by atoms with Crippen LogP contribution in [0.15, 0.2) is 11.1 Å². The maximum atomic E-state index is 11.5. The lowest BCUT2D eigenvalue weighted by Gasteiger charge is -2.22. The van der Waals surface area contributed by atoms with Crippen molar-refractivity contribution in [3.63, 3.8) is 0 Å². The maximum Gasteiger partial charge on any atom is 0.234 e. The minimum atomic E-state index is 0.0932. The molecule has 0 atom stereocenters. The molecule has 0 heterocycles. The summed E-state index contributed by atoms with van der Waals surface area (Å²) >= 11 is 3.23. The van der Waals surface area contributed by atoms with Crippen LogP contribution >= 0.6 is 15.9 Å². The van der Waals surface area contributed by atoms with E-state index in [-0.39, 0.29) is 5.91 Å². The van der Waals surface area contributed by atoms with Gasteiger partial charge in [-0.25, -0.2) is 0 Å². The molecule has 3 nitrogen and oxygen atoms in total. The number of hydrogen-bond acceptors (Lipinski definition) is 2. The van der Waals surface area contributed by atoms with E-state index >= 15 is 0 Å². The molecule has 1 saturated carbocycles. The zero-order chi connectivity index (χ0) is 11.1. The summed E-state index contributed by atoms with van der Waals surface area (Å²) in [6.07, 6.45) is 6.08. The second kappa shape index (κ2) is 7.01. The minimum Gasteiger partial charge on any atom is -0.352 e. The summed E-state index contributed by atoms with van der Waals surface area (Å²) in [5.74, 6) is 0.0932. The predicted octanol–water partition coefficient (Wildman–Crippen LogP) is 1.93. The molecule has 0 aromatic rings. The van der Waals surface area contributed by atoms with Gasteiger partial charge in [-0.05, 0) is 12.8 Å². The van der Waals surface area contributed by atoms with Gasteiger partial charge in [0.1, 0.15) is 0 Å². The number of carbonyl (C=O) groups is 1. The van der Waals surface area contributed by atoms with Crippen molar-refractivity contribution in [3.8, 4) is 0 Å². The first-order chi connectivity index (χ1) is 7.18. The fraction of sp³-hybridized carbons (Fsp3) is 0.727. The Hall–Kier alpha value is -0.350. The Kier molecular flexibility index (Phi) is 5.95. The highest BCUT2D eigenvalue weighted by molar-refractivity contribution is 9.11. The van der Waals surface area contributed by atoms with E-state index in [0.717, 1.165) is 17.3 Å². The molecule has 1 rings (SSSR count). The van der Waals surface area contributed by atoms with Gasteiger partial charge in [-0.3, -0.25) is 4.79 Å². The summed E-state index contributed by atoms with van der Waals surface area (Å²) in [6.45, 7) is 4.70. The molecule has 0 spiro atoms. The van der Waals surface area contributed by atoms with Crippen LogP contribution in [0.2, 0.25) is 0 Å². The molecule has 0 aromatic carbocycles. The molecular weight excluding hydrogens is 256 g/mol. The molecule has 86 valence electrons. The Morgan fingerprint density at radius 2 is 1.93 bits per heavy atom. The molecule has 0 radical (unpaired) electrons. The van der Waals surface area contributed by atoms with Crippen molar-refractivity contribution in [2.45, 2.75) is 38.1 Å². The van der Waals surface area contributed by atoms with Gasteiger partial charge in [-0.2, -0.15) is 0 Å². The van der Waals surface area contributed by atoms with Gasteiger partial charge in [-0.1, -0.05) is 41.8 Å². The molecule has 0 saturated heterocycles. The van der Waals surface area contributed by atoms with E-state index in [1.807, 2.05) is 0 Å². The Balaban J connectivity index is 2.09. The van der Waals surface area contributed by atoms with Gasteiger partial charge in [0.2, 0.25) is 5.91 Å². The molecule has 0 aliphatic heterocycles. The summed E-state index contributed by atoms with van der Waals surface area (Å²) < 4.78 is 0.868. The average molecular weight is 275 g/mol. The largest absolute Gasteiger partial charge is 0.352 e. The lowest BCUT2D eigenvalue weighted by molar-refractivity contribution is -0.121. The van der Waals surface area contributed by atoms with Crippen LogP contribution in [0.3, 0.4) is 0 Å². The standard InChI is InChI=1S/C11H19BrN2O/c1-9(12)7-13-8-11(15)14-10-5-3-2-4-6-10/h10,13H,1-8H2,(H,14,15). The topological polar surface area (TPSA) is 41.1 Å². The lowest BCUT2D eigenvalue weighted by atomic mass is 9.95. The van der Waals surface area contributed by atoms with E-state index in [1.165, 1.54) is 19.3 Å². The van der Waals surface area contributed by atoms with Crippen molar-refractivity contribution >= 4 is 21.8 Å². The summed E-state index contributed by atoms with van der Waals surface area (Å²) in [5.41, 5.74) is 0. The van der Waals surface area contributed by atoms with E-state index < -0.39 is 0 Å². The van der Waals surface area contributed by atoms with E-state index in [0.29, 0.717) is 19.1 Å². The molecule has 2 N–H and O–H groups in total. The van der Waals surface area contributed by atoms with Crippen molar-refractivity contribution in [2.24, 2.45) is 0 Å². The maximum absolute atomic E-state index is 11.5. The Morgan fingerprint density at radius 1 is 1.27 bits per heavy atom. The molecule has 15 heavy (non-hydrogen) atoms. The number of halogens is 1. The fourth-order valence-electron chi connectivity index (χ4n) is 1.84. The van der Waals surface area contributed by atoms with Gasteiger partial charge in [0.15, 0.2) is 0 Å². The Bertz CT molecular complexity index is 225. The third-order valence-corrected chi connectivity index (χ3v) is 2.85. The highest BCUT2D eigenvalue weighted by atomic mass is 79.9. The number of rotatable bonds is 5. The van der Waals surface area contributed by atoms with Crippen LogP contribution in [0, 0.1) is 0 Å². The minimum absolute atomic E-state index is 0.0932. The molecule has 4 heteroatoms. The molecule has 1 amide bonds. The first kappa shape index (κ1) is 12.7. The van der Waals surface area contributed by atoms with Crippen LogP contribution in [0.25, 0.3) is 0 Å². The number of nitrogens with one attached hydrogen (secondary N) is 2. The molecule has 1 aliphatic carbocycles. The summed E-state index contributed by atoms with van der Waals surface area (Å²) in [6, 6.07) is 0.403. The average Bonchev–Trinajstić information content (AvgIpc) is 2.18. The zero-order valence-electron chi connectivity index (χ0n) is 9.02. The van der Waals surface area contributed by atoms with E-state index in [9.17, 15) is 4.79 Å². The van der Waals surface area contributed by atoms with Crippen molar-refractivity contribution in [1.29, 1.82) is 0 Å². The molecule has 0 bridgehead atoms. The monoisotopic (exact) mass is 274 g/mol. The summed E-state index contributed by atoms with van der Waals surface area (Å²) in [7, 11) is 0. The van der Waals surface area contributed by atoms with Crippen molar-refractivity contribution < 1.29 is 4.79 Å². The highest BCUT2D eigenvalue weighted by Gasteiger charge is 2.14. The van der Waals surface area contributed by atoms with Gasteiger partial charge in [-0.15, -0.1) is 0 Å². The van der Waals surface area contributed by atoms with Crippen LogP contribution in [-0.2, 0) is 4.79 Å². The second-order valence-corrected chi connectivity index (χ2v) is 5.14. The van der Waals surface area contributed by atoms with Crippen molar-refractivity contribution in [2.75, 3.05) is 13.1 Å². The quantitative estimate of drug-likeness (QED) is 0.805. The van der Waals surface area contributed by atoms with Crippen LogP contribution in [0.4, 0.5) is 0 Å². The highest BCUT2D eigenvalue weighted by Crippen LogP contribution is 2.16. The normalized spacial score (nSPS) is 17.4. The Labute approximate surface area is 99.8 Å². The molecule has 1 aliphatic rings. The van der Waals surface area contributed by atoms with E-state index in [4.69, 9.17) is 0 Å². The fourth-order valence-corrected chi connectivity index (χ4v) is 2.04. The number of carbonyl (C=O) groups excluding carboxylic acids is 1. The van der Waals surface area contributed by atoms with Crippen LogP contribution in [0.5, 0.6) is 0 Å². The third kappa shape index (κ3) is 5.95. The van der Waals surface area contributed by atoms with Crippen molar-refractivity contribution in [1.82, 2.24) is 10.6 Å². The number of hydrogen-bond donors (Lipinski definition) is 2. The second-order valence-electron chi connectivity index (χ2n) is 4.02.